The van der Waals surface area contributed by atoms with Gasteiger partial charge in [-0.15, -0.1) is 0 Å². The molecule has 82 valence electrons. The first-order valence-electron chi connectivity index (χ1n) is 5.48. The van der Waals surface area contributed by atoms with Crippen LogP contribution in [-0.4, -0.2) is 4.98 Å². The van der Waals surface area contributed by atoms with Crippen LogP contribution in [-0.2, 0) is 0 Å². The molecule has 0 fully saturated rings. The van der Waals surface area contributed by atoms with E-state index >= 15 is 0 Å². The van der Waals surface area contributed by atoms with Gasteiger partial charge >= 0.3 is 0 Å². The largest absolute Gasteiger partial charge is 0.465 e. The second kappa shape index (κ2) is 4.26. The van der Waals surface area contributed by atoms with E-state index in [-0.39, 0.29) is 0 Å². The molecular weight excluding hydrogens is 210 g/mol. The van der Waals surface area contributed by atoms with Crippen LogP contribution in [0.2, 0.25) is 0 Å². The Balaban J connectivity index is 1.96. The number of fused-ring (bicyclic) bond motifs is 1. The summed E-state index contributed by atoms with van der Waals surface area (Å²) in [4.78, 5) is 4.40. The van der Waals surface area contributed by atoms with Crippen molar-refractivity contribution >= 4 is 23.1 Å². The molecule has 0 saturated carbocycles. The van der Waals surface area contributed by atoms with Crippen molar-refractivity contribution in [3.63, 3.8) is 0 Å². The van der Waals surface area contributed by atoms with Crippen LogP contribution in [0.25, 0.3) is 23.1 Å². The first-order valence-corrected chi connectivity index (χ1v) is 5.48. The molecule has 0 spiro atoms. The monoisotopic (exact) mass is 221 g/mol. The van der Waals surface area contributed by atoms with E-state index in [1.54, 1.807) is 6.26 Å². The highest BCUT2D eigenvalue weighted by Crippen LogP contribution is 2.14. The average molecular weight is 221 g/mol. The van der Waals surface area contributed by atoms with Crippen LogP contribution >= 0.6 is 0 Å². The van der Waals surface area contributed by atoms with E-state index in [1.807, 2.05) is 48.7 Å². The summed E-state index contributed by atoms with van der Waals surface area (Å²) in [6.07, 6.45) is 7.46. The van der Waals surface area contributed by atoms with Gasteiger partial charge in [0.25, 0.3) is 0 Å². The highest BCUT2D eigenvalue weighted by atomic mass is 16.3. The maximum atomic E-state index is 5.24. The van der Waals surface area contributed by atoms with Crippen LogP contribution in [0.1, 0.15) is 11.3 Å². The zero-order valence-electron chi connectivity index (χ0n) is 9.21. The number of hydrogen-bond donors (Lipinski definition) is 0. The van der Waals surface area contributed by atoms with Gasteiger partial charge in [0.1, 0.15) is 5.76 Å². The lowest BCUT2D eigenvalue weighted by Crippen LogP contribution is -1.80. The molecule has 0 atom stereocenters. The summed E-state index contributed by atoms with van der Waals surface area (Å²) in [6.45, 7) is 0. The minimum absolute atomic E-state index is 0.846. The number of hydrogen-bond acceptors (Lipinski definition) is 2. The molecule has 0 bridgehead atoms. The number of rotatable bonds is 2. The minimum Gasteiger partial charge on any atom is -0.465 e. The van der Waals surface area contributed by atoms with Crippen LogP contribution in [0.5, 0.6) is 0 Å². The summed E-state index contributed by atoms with van der Waals surface area (Å²) in [5.41, 5.74) is 2.09. The Bertz CT molecular complexity index is 654. The van der Waals surface area contributed by atoms with Crippen LogP contribution < -0.4 is 0 Å². The third kappa shape index (κ3) is 2.11. The van der Waals surface area contributed by atoms with E-state index in [2.05, 4.69) is 17.1 Å². The predicted octanol–water partition coefficient (Wildman–Crippen LogP) is 4.00. The van der Waals surface area contributed by atoms with E-state index in [1.165, 1.54) is 0 Å². The maximum absolute atomic E-state index is 5.24. The second-order valence-electron chi connectivity index (χ2n) is 3.81. The summed E-state index contributed by atoms with van der Waals surface area (Å²) in [7, 11) is 0. The van der Waals surface area contributed by atoms with Gasteiger partial charge in [-0.25, -0.2) is 0 Å². The SMILES string of the molecule is C(=C\c1ccco1)/c1cnc2ccccc2c1. The number of pyridine rings is 1. The molecule has 2 heterocycles. The van der Waals surface area contributed by atoms with Crippen molar-refractivity contribution in [2.24, 2.45) is 0 Å². The van der Waals surface area contributed by atoms with Gasteiger partial charge < -0.3 is 4.42 Å². The van der Waals surface area contributed by atoms with Crippen LogP contribution in [0, 0.1) is 0 Å². The second-order valence-corrected chi connectivity index (χ2v) is 3.81. The number of benzene rings is 1. The zero-order valence-corrected chi connectivity index (χ0v) is 9.21. The fraction of sp³-hybridized carbons (Fsp3) is 0. The first kappa shape index (κ1) is 9.85. The molecule has 0 aliphatic heterocycles. The maximum Gasteiger partial charge on any atom is 0.126 e. The summed E-state index contributed by atoms with van der Waals surface area (Å²) in [6, 6.07) is 14.0. The Morgan fingerprint density at radius 2 is 1.94 bits per heavy atom. The molecule has 0 unspecified atom stereocenters. The van der Waals surface area contributed by atoms with Gasteiger partial charge in [0, 0.05) is 11.6 Å². The number of nitrogens with zero attached hydrogens (tertiary/aromatic N) is 1. The molecule has 3 rings (SSSR count). The molecular formula is C15H11NO. The average Bonchev–Trinajstić information content (AvgIpc) is 2.89. The lowest BCUT2D eigenvalue weighted by atomic mass is 10.1. The highest BCUT2D eigenvalue weighted by Gasteiger charge is 1.94. The smallest absolute Gasteiger partial charge is 0.126 e. The number of para-hydroxylation sites is 1. The Hall–Kier alpha value is -2.35. The topological polar surface area (TPSA) is 26.0 Å². The molecule has 0 radical (unpaired) electrons. The lowest BCUT2D eigenvalue weighted by molar-refractivity contribution is 0.557. The van der Waals surface area contributed by atoms with Gasteiger partial charge in [-0.2, -0.15) is 0 Å². The Morgan fingerprint density at radius 1 is 1.00 bits per heavy atom. The fourth-order valence-corrected chi connectivity index (χ4v) is 1.74. The summed E-state index contributed by atoms with van der Waals surface area (Å²) in [5, 5.41) is 1.15. The predicted molar refractivity (Wildman–Crippen MR) is 69.4 cm³/mol. The molecule has 3 aromatic rings. The third-order valence-electron chi connectivity index (χ3n) is 2.59. The lowest BCUT2D eigenvalue weighted by Gasteiger charge is -1.97. The summed E-state index contributed by atoms with van der Waals surface area (Å²) >= 11 is 0. The van der Waals surface area contributed by atoms with Gasteiger partial charge in [-0.3, -0.25) is 4.98 Å². The van der Waals surface area contributed by atoms with E-state index < -0.39 is 0 Å². The van der Waals surface area contributed by atoms with Crippen molar-refractivity contribution in [2.75, 3.05) is 0 Å². The van der Waals surface area contributed by atoms with Gasteiger partial charge in [0.2, 0.25) is 0 Å². The van der Waals surface area contributed by atoms with Gasteiger partial charge in [0.15, 0.2) is 0 Å². The molecule has 0 aliphatic rings. The fourth-order valence-electron chi connectivity index (χ4n) is 1.74. The van der Waals surface area contributed by atoms with Crippen LogP contribution in [0.4, 0.5) is 0 Å². The van der Waals surface area contributed by atoms with E-state index in [0.29, 0.717) is 0 Å². The number of aromatic nitrogens is 1. The molecule has 0 aliphatic carbocycles. The van der Waals surface area contributed by atoms with Gasteiger partial charge in [0.05, 0.1) is 11.8 Å². The van der Waals surface area contributed by atoms with Crippen molar-refractivity contribution in [1.82, 2.24) is 4.98 Å². The third-order valence-corrected chi connectivity index (χ3v) is 2.59. The number of furan rings is 1. The van der Waals surface area contributed by atoms with Crippen molar-refractivity contribution in [2.45, 2.75) is 0 Å². The van der Waals surface area contributed by atoms with E-state index in [4.69, 9.17) is 4.42 Å². The first-order chi connectivity index (χ1) is 8.42. The highest BCUT2D eigenvalue weighted by molar-refractivity contribution is 5.81. The Morgan fingerprint density at radius 3 is 2.82 bits per heavy atom. The molecule has 2 heteroatoms. The van der Waals surface area contributed by atoms with Gasteiger partial charge in [-0.1, -0.05) is 18.2 Å². The Kier molecular flexibility index (Phi) is 2.47. The molecule has 2 aromatic heterocycles. The summed E-state index contributed by atoms with van der Waals surface area (Å²) < 4.78 is 5.24. The van der Waals surface area contributed by atoms with Crippen LogP contribution in [0.3, 0.4) is 0 Å². The molecule has 0 saturated heterocycles. The van der Waals surface area contributed by atoms with E-state index in [0.717, 1.165) is 22.2 Å². The quantitative estimate of drug-likeness (QED) is 0.653. The van der Waals surface area contributed by atoms with E-state index in [9.17, 15) is 0 Å². The molecule has 2 nitrogen and oxygen atoms in total. The molecule has 0 N–H and O–H groups in total. The molecule has 0 amide bonds. The Labute approximate surface area is 99.2 Å². The molecule has 1 aromatic carbocycles. The van der Waals surface area contributed by atoms with Crippen LogP contribution in [0.15, 0.2) is 59.3 Å². The van der Waals surface area contributed by atoms with Crippen molar-refractivity contribution < 1.29 is 4.42 Å². The normalized spacial score (nSPS) is 11.3. The van der Waals surface area contributed by atoms with Gasteiger partial charge in [-0.05, 0) is 42.0 Å². The van der Waals surface area contributed by atoms with Crippen molar-refractivity contribution in [3.05, 3.63) is 66.2 Å². The van der Waals surface area contributed by atoms with Crippen molar-refractivity contribution in [1.29, 1.82) is 0 Å². The molecule has 17 heavy (non-hydrogen) atoms. The minimum atomic E-state index is 0.846. The standard InChI is InChI=1S/C15H11NO/c1-2-6-15-13(4-1)10-12(11-16-15)7-8-14-5-3-9-17-14/h1-11H/b8-7+. The zero-order chi connectivity index (χ0) is 11.5. The van der Waals surface area contributed by atoms with Crippen molar-refractivity contribution in [3.8, 4) is 0 Å². The summed E-state index contributed by atoms with van der Waals surface area (Å²) in [5.74, 6) is 0.846.